The number of thiophene rings is 1. The number of aryl methyl sites for hydroxylation is 1. The van der Waals surface area contributed by atoms with E-state index < -0.39 is 0 Å². The van der Waals surface area contributed by atoms with Gasteiger partial charge in [0.05, 0.1) is 4.88 Å². The summed E-state index contributed by atoms with van der Waals surface area (Å²) in [4.78, 5) is 1.57. The molecule has 2 N–H and O–H groups in total. The highest BCUT2D eigenvalue weighted by Gasteiger charge is 2.01. The Morgan fingerprint density at radius 3 is 2.79 bits per heavy atom. The predicted octanol–water partition coefficient (Wildman–Crippen LogP) is 3.51. The van der Waals surface area contributed by atoms with Crippen LogP contribution in [0.5, 0.6) is 0 Å². The first-order valence-corrected chi connectivity index (χ1v) is 6.40. The Morgan fingerprint density at radius 2 is 2.21 bits per heavy atom. The number of hydrogen-bond donors (Lipinski definition) is 1. The van der Waals surface area contributed by atoms with Gasteiger partial charge in [-0.15, -0.1) is 11.3 Å². The molecule has 0 saturated heterocycles. The van der Waals surface area contributed by atoms with Gasteiger partial charge in [0.25, 0.3) is 0 Å². The summed E-state index contributed by atoms with van der Waals surface area (Å²) in [6.07, 6.45) is 6.41. The fourth-order valence-electron chi connectivity index (χ4n) is 1.39. The average Bonchev–Trinajstić information content (AvgIpc) is 2.61. The van der Waals surface area contributed by atoms with Crippen molar-refractivity contribution >= 4 is 28.5 Å². The van der Waals surface area contributed by atoms with Gasteiger partial charge >= 0.3 is 0 Å². The van der Waals surface area contributed by atoms with Gasteiger partial charge in [-0.25, -0.2) is 0 Å². The summed E-state index contributed by atoms with van der Waals surface area (Å²) in [6.45, 7) is 2.23. The molecular formula is C11H17NS2. The second-order valence-electron chi connectivity index (χ2n) is 3.49. The smallest absolute Gasteiger partial charge is 0.114 e. The van der Waals surface area contributed by atoms with Crippen molar-refractivity contribution in [1.29, 1.82) is 0 Å². The van der Waals surface area contributed by atoms with Crippen molar-refractivity contribution in [2.75, 3.05) is 0 Å². The van der Waals surface area contributed by atoms with Gasteiger partial charge in [-0.2, -0.15) is 0 Å². The highest BCUT2D eigenvalue weighted by molar-refractivity contribution is 7.81. The molecule has 0 amide bonds. The Kier molecular flexibility index (Phi) is 5.12. The van der Waals surface area contributed by atoms with Gasteiger partial charge in [-0.05, 0) is 29.9 Å². The molecule has 0 saturated carbocycles. The molecule has 0 aliphatic carbocycles. The predicted molar refractivity (Wildman–Crippen MR) is 68.1 cm³/mol. The molecule has 0 bridgehead atoms. The lowest BCUT2D eigenvalue weighted by Crippen LogP contribution is -2.06. The minimum atomic E-state index is 0.523. The maximum absolute atomic E-state index is 5.55. The van der Waals surface area contributed by atoms with Crippen molar-refractivity contribution in [3.8, 4) is 0 Å². The molecule has 0 atom stereocenters. The molecule has 1 nitrogen and oxygen atoms in total. The van der Waals surface area contributed by atoms with E-state index in [1.165, 1.54) is 37.7 Å². The first-order valence-electron chi connectivity index (χ1n) is 5.11. The lowest BCUT2D eigenvalue weighted by atomic mass is 10.1. The molecule has 1 rings (SSSR count). The summed E-state index contributed by atoms with van der Waals surface area (Å²) >= 11 is 6.57. The van der Waals surface area contributed by atoms with E-state index in [2.05, 4.69) is 18.4 Å². The van der Waals surface area contributed by atoms with Crippen LogP contribution in [0.25, 0.3) is 0 Å². The molecule has 0 fully saturated rings. The van der Waals surface area contributed by atoms with Crippen LogP contribution in [0.1, 0.15) is 43.0 Å². The normalized spacial score (nSPS) is 10.4. The number of nitrogens with two attached hydrogens (primary N) is 1. The summed E-state index contributed by atoms with van der Waals surface area (Å²) in [5, 5.41) is 2.17. The van der Waals surface area contributed by atoms with Crippen molar-refractivity contribution in [2.45, 2.75) is 39.0 Å². The third kappa shape index (κ3) is 3.76. The SMILES string of the molecule is CCCCCCc1csc(C(N)=S)c1. The van der Waals surface area contributed by atoms with Gasteiger partial charge in [-0.3, -0.25) is 0 Å². The highest BCUT2D eigenvalue weighted by Crippen LogP contribution is 2.17. The molecule has 0 unspecified atom stereocenters. The van der Waals surface area contributed by atoms with Crippen LogP contribution in [-0.2, 0) is 6.42 Å². The van der Waals surface area contributed by atoms with E-state index in [-0.39, 0.29) is 0 Å². The zero-order chi connectivity index (χ0) is 10.4. The lowest BCUT2D eigenvalue weighted by molar-refractivity contribution is 0.667. The average molecular weight is 227 g/mol. The Labute approximate surface area is 95.3 Å². The van der Waals surface area contributed by atoms with E-state index in [9.17, 15) is 0 Å². The third-order valence-corrected chi connectivity index (χ3v) is 3.58. The Balaban J connectivity index is 2.33. The van der Waals surface area contributed by atoms with Gasteiger partial charge in [0.2, 0.25) is 0 Å². The maximum atomic E-state index is 5.55. The first-order chi connectivity index (χ1) is 6.74. The molecular weight excluding hydrogens is 210 g/mol. The van der Waals surface area contributed by atoms with Gasteiger partial charge in [0.1, 0.15) is 4.99 Å². The van der Waals surface area contributed by atoms with E-state index in [4.69, 9.17) is 18.0 Å². The molecule has 0 aliphatic rings. The van der Waals surface area contributed by atoms with Crippen molar-refractivity contribution in [1.82, 2.24) is 0 Å². The fraction of sp³-hybridized carbons (Fsp3) is 0.545. The topological polar surface area (TPSA) is 26.0 Å². The summed E-state index contributed by atoms with van der Waals surface area (Å²) in [5.74, 6) is 0. The highest BCUT2D eigenvalue weighted by atomic mass is 32.1. The van der Waals surface area contributed by atoms with Crippen LogP contribution in [0.4, 0.5) is 0 Å². The second-order valence-corrected chi connectivity index (χ2v) is 4.85. The quantitative estimate of drug-likeness (QED) is 0.594. The number of rotatable bonds is 6. The largest absolute Gasteiger partial charge is 0.389 e. The van der Waals surface area contributed by atoms with Crippen LogP contribution >= 0.6 is 23.6 Å². The molecule has 1 aromatic heterocycles. The molecule has 78 valence electrons. The summed E-state index contributed by atoms with van der Waals surface area (Å²) in [6, 6.07) is 2.12. The second kappa shape index (κ2) is 6.14. The molecule has 3 heteroatoms. The fourth-order valence-corrected chi connectivity index (χ4v) is 2.39. The van der Waals surface area contributed by atoms with Crippen molar-refractivity contribution in [3.63, 3.8) is 0 Å². The van der Waals surface area contributed by atoms with E-state index in [1.807, 2.05) is 0 Å². The standard InChI is InChI=1S/C11H17NS2/c1-2-3-4-5-6-9-7-10(11(12)13)14-8-9/h7-8H,2-6H2,1H3,(H2,12,13). The Hall–Kier alpha value is -0.410. The summed E-state index contributed by atoms with van der Waals surface area (Å²) in [7, 11) is 0. The minimum absolute atomic E-state index is 0.523. The molecule has 0 spiro atoms. The van der Waals surface area contributed by atoms with Gasteiger partial charge in [-0.1, -0.05) is 38.4 Å². The van der Waals surface area contributed by atoms with Gasteiger partial charge in [0, 0.05) is 0 Å². The van der Waals surface area contributed by atoms with Crippen LogP contribution < -0.4 is 5.73 Å². The van der Waals surface area contributed by atoms with Crippen LogP contribution in [0.3, 0.4) is 0 Å². The van der Waals surface area contributed by atoms with Crippen molar-refractivity contribution < 1.29 is 0 Å². The third-order valence-electron chi connectivity index (χ3n) is 2.22. The van der Waals surface area contributed by atoms with Crippen LogP contribution in [0, 0.1) is 0 Å². The van der Waals surface area contributed by atoms with Crippen molar-refractivity contribution in [2.24, 2.45) is 5.73 Å². The van der Waals surface area contributed by atoms with Gasteiger partial charge < -0.3 is 5.73 Å². The zero-order valence-electron chi connectivity index (χ0n) is 8.58. The number of hydrogen-bond acceptors (Lipinski definition) is 2. The molecule has 14 heavy (non-hydrogen) atoms. The van der Waals surface area contributed by atoms with E-state index >= 15 is 0 Å². The van der Waals surface area contributed by atoms with E-state index in [0.29, 0.717) is 4.99 Å². The summed E-state index contributed by atoms with van der Waals surface area (Å²) in [5.41, 5.74) is 6.93. The van der Waals surface area contributed by atoms with Crippen LogP contribution in [-0.4, -0.2) is 4.99 Å². The molecule has 1 heterocycles. The van der Waals surface area contributed by atoms with Gasteiger partial charge in [0.15, 0.2) is 0 Å². The number of thiocarbonyl (C=S) groups is 1. The van der Waals surface area contributed by atoms with Crippen LogP contribution in [0.2, 0.25) is 0 Å². The lowest BCUT2D eigenvalue weighted by Gasteiger charge is -1.96. The zero-order valence-corrected chi connectivity index (χ0v) is 10.2. The Bertz CT molecular complexity index is 291. The van der Waals surface area contributed by atoms with Crippen molar-refractivity contribution in [3.05, 3.63) is 21.9 Å². The molecule has 1 aromatic rings. The molecule has 0 aromatic carbocycles. The molecule has 0 radical (unpaired) electrons. The first kappa shape index (κ1) is 11.7. The Morgan fingerprint density at radius 1 is 1.43 bits per heavy atom. The summed E-state index contributed by atoms with van der Waals surface area (Å²) < 4.78 is 0. The van der Waals surface area contributed by atoms with E-state index in [0.717, 1.165) is 4.88 Å². The van der Waals surface area contributed by atoms with Crippen LogP contribution in [0.15, 0.2) is 11.4 Å². The van der Waals surface area contributed by atoms with E-state index in [1.54, 1.807) is 11.3 Å². The monoisotopic (exact) mass is 227 g/mol. The maximum Gasteiger partial charge on any atom is 0.114 e. The minimum Gasteiger partial charge on any atom is -0.389 e. The molecule has 0 aliphatic heterocycles. The number of unbranched alkanes of at least 4 members (excludes halogenated alkanes) is 3.